The van der Waals surface area contributed by atoms with Crippen molar-refractivity contribution in [3.63, 3.8) is 0 Å². The first kappa shape index (κ1) is 15.5. The molecule has 0 aliphatic rings. The number of benzene rings is 1. The lowest BCUT2D eigenvalue weighted by Crippen LogP contribution is -2.15. The predicted octanol–water partition coefficient (Wildman–Crippen LogP) is 3.55. The Balaban J connectivity index is 1.80. The smallest absolute Gasteiger partial charge is 0.374 e. The first-order valence-corrected chi connectivity index (χ1v) is 7.77. The zero-order valence-electron chi connectivity index (χ0n) is 11.6. The van der Waals surface area contributed by atoms with Gasteiger partial charge in [-0.1, -0.05) is 17.7 Å². The summed E-state index contributed by atoms with van der Waals surface area (Å²) in [5, 5.41) is 2.41. The molecule has 0 aliphatic heterocycles. The molecule has 23 heavy (non-hydrogen) atoms. The van der Waals surface area contributed by atoms with Gasteiger partial charge < -0.3 is 9.15 Å². The third-order valence-electron chi connectivity index (χ3n) is 3.02. The Morgan fingerprint density at radius 1 is 1.22 bits per heavy atom. The third-order valence-corrected chi connectivity index (χ3v) is 4.17. The molecule has 0 saturated heterocycles. The van der Waals surface area contributed by atoms with Crippen molar-refractivity contribution < 1.29 is 18.7 Å². The highest BCUT2D eigenvalue weighted by molar-refractivity contribution is 7.12. The van der Waals surface area contributed by atoms with Gasteiger partial charge in [0, 0.05) is 11.1 Å². The molecule has 0 atom stereocenters. The lowest BCUT2D eigenvalue weighted by atomic mass is 10.2. The van der Waals surface area contributed by atoms with E-state index in [0.717, 1.165) is 6.07 Å². The second kappa shape index (κ2) is 6.36. The molecule has 0 spiro atoms. The second-order valence-corrected chi connectivity index (χ2v) is 5.98. The summed E-state index contributed by atoms with van der Waals surface area (Å²) in [6, 6.07) is 8.89. The number of ether oxygens (including phenoxy) is 1. The maximum absolute atomic E-state index is 12.0. The summed E-state index contributed by atoms with van der Waals surface area (Å²) in [7, 11) is 0. The average Bonchev–Trinajstić information content (AvgIpc) is 3.07. The molecule has 0 unspecified atom stereocenters. The molecule has 116 valence electrons. The third kappa shape index (κ3) is 3.33. The lowest BCUT2D eigenvalue weighted by molar-refractivity contribution is 0.0445. The summed E-state index contributed by atoms with van der Waals surface area (Å²) in [5.41, 5.74) is -0.191. The largest absolute Gasteiger partial charge is 0.451 e. The van der Waals surface area contributed by atoms with Gasteiger partial charge in [-0.15, -0.1) is 11.3 Å². The molecule has 0 fully saturated rings. The van der Waals surface area contributed by atoms with Crippen molar-refractivity contribution in [2.75, 3.05) is 6.61 Å². The SMILES string of the molecule is O=C(OCC(=O)c1cccs1)c1cc(=O)c2cc(Cl)ccc2o1. The van der Waals surface area contributed by atoms with E-state index in [-0.39, 0.29) is 22.5 Å². The number of esters is 1. The molecule has 3 aromatic rings. The van der Waals surface area contributed by atoms with E-state index < -0.39 is 18.0 Å². The van der Waals surface area contributed by atoms with Crippen molar-refractivity contribution in [2.45, 2.75) is 0 Å². The van der Waals surface area contributed by atoms with Crippen LogP contribution in [-0.4, -0.2) is 18.4 Å². The fourth-order valence-electron chi connectivity index (χ4n) is 1.94. The highest BCUT2D eigenvalue weighted by Gasteiger charge is 2.16. The molecular weight excluding hydrogens is 340 g/mol. The van der Waals surface area contributed by atoms with Crippen molar-refractivity contribution in [1.29, 1.82) is 0 Å². The van der Waals surface area contributed by atoms with Gasteiger partial charge in [-0.3, -0.25) is 9.59 Å². The van der Waals surface area contributed by atoms with Crippen LogP contribution in [0.2, 0.25) is 5.02 Å². The first-order valence-electron chi connectivity index (χ1n) is 6.52. The Morgan fingerprint density at radius 2 is 2.04 bits per heavy atom. The van der Waals surface area contributed by atoms with Gasteiger partial charge in [-0.05, 0) is 29.6 Å². The molecule has 2 heterocycles. The van der Waals surface area contributed by atoms with Gasteiger partial charge >= 0.3 is 5.97 Å². The minimum atomic E-state index is -0.871. The first-order chi connectivity index (χ1) is 11.0. The monoisotopic (exact) mass is 348 g/mol. The van der Waals surface area contributed by atoms with Crippen LogP contribution in [0.1, 0.15) is 20.2 Å². The van der Waals surface area contributed by atoms with Crippen LogP contribution in [-0.2, 0) is 4.74 Å². The lowest BCUT2D eigenvalue weighted by Gasteiger charge is -2.04. The maximum atomic E-state index is 12.0. The van der Waals surface area contributed by atoms with E-state index in [1.807, 2.05) is 0 Å². The number of thiophene rings is 1. The molecule has 0 N–H and O–H groups in total. The number of Topliss-reactive ketones (excluding diaryl/α,β-unsaturated/α-hetero) is 1. The summed E-state index contributed by atoms with van der Waals surface area (Å²) in [6.45, 7) is -0.415. The van der Waals surface area contributed by atoms with Crippen molar-refractivity contribution >= 4 is 45.7 Å². The fourth-order valence-corrected chi connectivity index (χ4v) is 2.76. The molecule has 7 heteroatoms. The molecule has 0 radical (unpaired) electrons. The molecule has 1 aromatic carbocycles. The minimum Gasteiger partial charge on any atom is -0.451 e. The number of ketones is 1. The summed E-state index contributed by atoms with van der Waals surface area (Å²) in [6.07, 6.45) is 0. The Morgan fingerprint density at radius 3 is 2.78 bits per heavy atom. The van der Waals surface area contributed by atoms with E-state index in [1.165, 1.54) is 23.5 Å². The molecule has 2 aromatic heterocycles. The summed E-state index contributed by atoms with van der Waals surface area (Å²) in [5.74, 6) is -1.45. The number of hydrogen-bond donors (Lipinski definition) is 0. The number of carbonyl (C=O) groups excluding carboxylic acids is 2. The van der Waals surface area contributed by atoms with Crippen LogP contribution in [0.25, 0.3) is 11.0 Å². The topological polar surface area (TPSA) is 73.6 Å². The predicted molar refractivity (Wildman–Crippen MR) is 86.4 cm³/mol. The van der Waals surface area contributed by atoms with E-state index in [9.17, 15) is 14.4 Å². The summed E-state index contributed by atoms with van der Waals surface area (Å²) in [4.78, 5) is 36.2. The highest BCUT2D eigenvalue weighted by atomic mass is 35.5. The Bertz CT molecular complexity index is 943. The standard InChI is InChI=1S/C16H9ClO5S/c17-9-3-4-13-10(6-9)11(18)7-14(22-13)16(20)21-8-12(19)15-2-1-5-23-15/h1-7H,8H2. The number of halogens is 1. The van der Waals surface area contributed by atoms with Crippen molar-refractivity contribution in [1.82, 2.24) is 0 Å². The van der Waals surface area contributed by atoms with Gasteiger partial charge in [0.25, 0.3) is 0 Å². The van der Waals surface area contributed by atoms with Crippen LogP contribution in [0.4, 0.5) is 0 Å². The number of fused-ring (bicyclic) bond motifs is 1. The molecule has 0 saturated carbocycles. The van der Waals surface area contributed by atoms with Crippen LogP contribution < -0.4 is 5.43 Å². The zero-order chi connectivity index (χ0) is 16.4. The Kier molecular flexibility index (Phi) is 4.27. The van der Waals surface area contributed by atoms with E-state index in [1.54, 1.807) is 23.6 Å². The Hall–Kier alpha value is -2.44. The molecule has 0 aliphatic carbocycles. The highest BCUT2D eigenvalue weighted by Crippen LogP contribution is 2.18. The van der Waals surface area contributed by atoms with Crippen molar-refractivity contribution in [3.8, 4) is 0 Å². The zero-order valence-corrected chi connectivity index (χ0v) is 13.1. The van der Waals surface area contributed by atoms with Gasteiger partial charge in [0.15, 0.2) is 12.0 Å². The summed E-state index contributed by atoms with van der Waals surface area (Å²) < 4.78 is 10.2. The van der Waals surface area contributed by atoms with Gasteiger partial charge in [-0.2, -0.15) is 0 Å². The fraction of sp³-hybridized carbons (Fsp3) is 0.0625. The number of carbonyl (C=O) groups is 2. The van der Waals surface area contributed by atoms with Gasteiger partial charge in [0.1, 0.15) is 5.58 Å². The number of rotatable bonds is 4. The molecule has 0 amide bonds. The van der Waals surface area contributed by atoms with Crippen LogP contribution in [0.15, 0.2) is 51.0 Å². The van der Waals surface area contributed by atoms with Gasteiger partial charge in [0.05, 0.1) is 10.3 Å². The minimum absolute atomic E-state index is 0.221. The molecular formula is C16H9ClO5S. The van der Waals surface area contributed by atoms with Gasteiger partial charge in [0.2, 0.25) is 11.5 Å². The van der Waals surface area contributed by atoms with Crippen LogP contribution >= 0.6 is 22.9 Å². The average molecular weight is 349 g/mol. The molecule has 5 nitrogen and oxygen atoms in total. The van der Waals surface area contributed by atoms with Crippen LogP contribution in [0.3, 0.4) is 0 Å². The normalized spacial score (nSPS) is 10.7. The van der Waals surface area contributed by atoms with E-state index in [2.05, 4.69) is 0 Å². The van der Waals surface area contributed by atoms with Crippen molar-refractivity contribution in [3.05, 3.63) is 67.7 Å². The summed E-state index contributed by atoms with van der Waals surface area (Å²) >= 11 is 7.08. The molecule has 0 bridgehead atoms. The van der Waals surface area contributed by atoms with Crippen molar-refractivity contribution in [2.24, 2.45) is 0 Å². The van der Waals surface area contributed by atoms with E-state index >= 15 is 0 Å². The van der Waals surface area contributed by atoms with E-state index in [0.29, 0.717) is 9.90 Å². The van der Waals surface area contributed by atoms with Crippen LogP contribution in [0.5, 0.6) is 0 Å². The van der Waals surface area contributed by atoms with E-state index in [4.69, 9.17) is 20.8 Å². The van der Waals surface area contributed by atoms with Gasteiger partial charge in [-0.25, -0.2) is 4.79 Å². The maximum Gasteiger partial charge on any atom is 0.374 e. The Labute approximate surface area is 139 Å². The molecule has 3 rings (SSSR count). The van der Waals surface area contributed by atoms with Crippen LogP contribution in [0, 0.1) is 0 Å². The quantitative estimate of drug-likeness (QED) is 0.532. The second-order valence-electron chi connectivity index (χ2n) is 4.59. The number of hydrogen-bond acceptors (Lipinski definition) is 6.